The maximum Gasteiger partial charge on any atom is 0.223 e. The van der Waals surface area contributed by atoms with Crippen molar-refractivity contribution in [2.45, 2.75) is 41.7 Å². The van der Waals surface area contributed by atoms with Crippen molar-refractivity contribution < 1.29 is 14.2 Å². The van der Waals surface area contributed by atoms with Crippen molar-refractivity contribution in [3.05, 3.63) is 47.4 Å². The molecule has 132 valence electrons. The Kier molecular flexibility index (Phi) is 4.87. The third kappa shape index (κ3) is 3.63. The fraction of sp³-hybridized carbons (Fsp3) is 0.444. The number of halogens is 1. The smallest absolute Gasteiger partial charge is 0.223 e. The number of fused-ring (bicyclic) bond motifs is 1. The molecule has 0 aliphatic carbocycles. The van der Waals surface area contributed by atoms with Crippen LogP contribution in [0.3, 0.4) is 0 Å². The minimum Gasteiger partial charge on any atom is -0.387 e. The topological polar surface area (TPSA) is 67.3 Å². The van der Waals surface area contributed by atoms with E-state index in [1.807, 2.05) is 6.20 Å². The average Bonchev–Trinajstić information content (AvgIpc) is 3.06. The molecule has 2 aromatic rings. The van der Waals surface area contributed by atoms with Crippen LogP contribution in [0, 0.1) is 5.82 Å². The largest absolute Gasteiger partial charge is 0.387 e. The fourth-order valence-electron chi connectivity index (χ4n) is 3.22. The van der Waals surface area contributed by atoms with Crippen LogP contribution < -0.4 is 5.32 Å². The van der Waals surface area contributed by atoms with Crippen molar-refractivity contribution in [1.82, 2.24) is 9.97 Å². The molecule has 0 amide bonds. The summed E-state index contributed by atoms with van der Waals surface area (Å²) in [5, 5.41) is 14.6. The molecule has 2 N–H and O–H groups in total. The molecule has 1 fully saturated rings. The fourth-order valence-corrected chi connectivity index (χ4v) is 4.47. The molecule has 1 saturated heterocycles. The highest BCUT2D eigenvalue weighted by atomic mass is 32.2. The van der Waals surface area contributed by atoms with E-state index in [0.29, 0.717) is 24.0 Å². The van der Waals surface area contributed by atoms with Gasteiger partial charge in [0.05, 0.1) is 6.10 Å². The van der Waals surface area contributed by atoms with Crippen molar-refractivity contribution in [2.75, 3.05) is 18.5 Å². The monoisotopic (exact) mass is 361 g/mol. The van der Waals surface area contributed by atoms with Crippen molar-refractivity contribution in [1.29, 1.82) is 0 Å². The van der Waals surface area contributed by atoms with Gasteiger partial charge in [0.2, 0.25) is 5.95 Å². The van der Waals surface area contributed by atoms with Crippen LogP contribution in [-0.2, 0) is 11.2 Å². The normalized spacial score (nSPS) is 21.8. The number of aliphatic hydroxyl groups excluding tert-OH is 1. The van der Waals surface area contributed by atoms with E-state index in [1.54, 1.807) is 18.2 Å². The van der Waals surface area contributed by atoms with Crippen LogP contribution in [0.15, 0.2) is 35.5 Å². The highest BCUT2D eigenvalue weighted by Crippen LogP contribution is 2.42. The summed E-state index contributed by atoms with van der Waals surface area (Å²) in [7, 11) is 0. The van der Waals surface area contributed by atoms with Gasteiger partial charge in [-0.3, -0.25) is 0 Å². The second kappa shape index (κ2) is 7.27. The van der Waals surface area contributed by atoms with Crippen LogP contribution in [-0.4, -0.2) is 39.6 Å². The number of nitrogens with one attached hydrogen (secondary N) is 1. The van der Waals surface area contributed by atoms with Crippen molar-refractivity contribution in [3.8, 4) is 0 Å². The van der Waals surface area contributed by atoms with E-state index >= 15 is 0 Å². The number of hydrogen-bond acceptors (Lipinski definition) is 6. The predicted octanol–water partition coefficient (Wildman–Crippen LogP) is 2.96. The lowest BCUT2D eigenvalue weighted by molar-refractivity contribution is 0.0903. The molecule has 0 radical (unpaired) electrons. The Hall–Kier alpha value is -1.70. The van der Waals surface area contributed by atoms with Gasteiger partial charge in [0, 0.05) is 41.8 Å². The van der Waals surface area contributed by atoms with Gasteiger partial charge in [-0.25, -0.2) is 14.4 Å². The molecule has 2 atom stereocenters. The number of aliphatic hydroxyl groups is 1. The van der Waals surface area contributed by atoms with Crippen LogP contribution in [0.1, 0.15) is 30.1 Å². The van der Waals surface area contributed by atoms with Gasteiger partial charge in [0.15, 0.2) is 0 Å². The van der Waals surface area contributed by atoms with Crippen LogP contribution in [0.2, 0.25) is 0 Å². The zero-order chi connectivity index (χ0) is 17.2. The standard InChI is InChI=1S/C18H20FN3O2S/c19-14-4-2-1-3-13(14)16(23)15-9-11-10-20-18(22-17(11)25-15)21-12-5-7-24-8-6-12/h1-4,10,12,15-16,23H,5-9H2,(H,20,21,22). The molecular weight excluding hydrogens is 341 g/mol. The number of anilines is 1. The Morgan fingerprint density at radius 3 is 2.88 bits per heavy atom. The van der Waals surface area contributed by atoms with Gasteiger partial charge in [-0.15, -0.1) is 0 Å². The molecule has 0 spiro atoms. The predicted molar refractivity (Wildman–Crippen MR) is 94.2 cm³/mol. The Morgan fingerprint density at radius 1 is 1.28 bits per heavy atom. The number of hydrogen-bond donors (Lipinski definition) is 2. The van der Waals surface area contributed by atoms with Gasteiger partial charge in [0.25, 0.3) is 0 Å². The lowest BCUT2D eigenvalue weighted by atomic mass is 10.0. The highest BCUT2D eigenvalue weighted by Gasteiger charge is 2.32. The third-order valence-electron chi connectivity index (χ3n) is 4.64. The highest BCUT2D eigenvalue weighted by molar-refractivity contribution is 8.00. The van der Waals surface area contributed by atoms with E-state index in [2.05, 4.69) is 15.3 Å². The van der Waals surface area contributed by atoms with Gasteiger partial charge in [0.1, 0.15) is 10.8 Å². The number of ether oxygens (including phenoxy) is 1. The Labute approximate surface area is 150 Å². The maximum atomic E-state index is 13.9. The lowest BCUT2D eigenvalue weighted by Gasteiger charge is -2.23. The van der Waals surface area contributed by atoms with E-state index < -0.39 is 6.10 Å². The quantitative estimate of drug-likeness (QED) is 0.816. The van der Waals surface area contributed by atoms with Crippen LogP contribution in [0.5, 0.6) is 0 Å². The molecule has 2 unspecified atom stereocenters. The first-order valence-electron chi connectivity index (χ1n) is 8.50. The number of nitrogens with zero attached hydrogens (tertiary/aromatic N) is 2. The molecular formula is C18H20FN3O2S. The van der Waals surface area contributed by atoms with Gasteiger partial charge in [-0.2, -0.15) is 0 Å². The van der Waals surface area contributed by atoms with Gasteiger partial charge < -0.3 is 15.2 Å². The molecule has 2 aliphatic rings. The SMILES string of the molecule is OC(c1ccccc1F)C1Cc2cnc(NC3CCOCC3)nc2S1. The van der Waals surface area contributed by atoms with Gasteiger partial charge in [-0.05, 0) is 25.3 Å². The lowest BCUT2D eigenvalue weighted by Crippen LogP contribution is -2.28. The molecule has 7 heteroatoms. The minimum absolute atomic E-state index is 0.153. The van der Waals surface area contributed by atoms with Crippen molar-refractivity contribution in [3.63, 3.8) is 0 Å². The first-order valence-corrected chi connectivity index (χ1v) is 9.38. The number of thioether (sulfide) groups is 1. The molecule has 2 aliphatic heterocycles. The second-order valence-corrected chi connectivity index (χ2v) is 7.61. The number of aromatic nitrogens is 2. The van der Waals surface area contributed by atoms with Gasteiger partial charge in [-0.1, -0.05) is 30.0 Å². The summed E-state index contributed by atoms with van der Waals surface area (Å²) in [6.45, 7) is 1.52. The second-order valence-electron chi connectivity index (χ2n) is 6.38. The van der Waals surface area contributed by atoms with E-state index in [4.69, 9.17) is 4.74 Å². The van der Waals surface area contributed by atoms with Crippen LogP contribution in [0.25, 0.3) is 0 Å². The first-order chi connectivity index (χ1) is 12.2. The number of benzene rings is 1. The molecule has 0 bridgehead atoms. The van der Waals surface area contributed by atoms with Crippen molar-refractivity contribution >= 4 is 17.7 Å². The molecule has 0 saturated carbocycles. The first kappa shape index (κ1) is 16.8. The summed E-state index contributed by atoms with van der Waals surface area (Å²) in [6, 6.07) is 6.71. The summed E-state index contributed by atoms with van der Waals surface area (Å²) < 4.78 is 19.3. The summed E-state index contributed by atoms with van der Waals surface area (Å²) >= 11 is 1.49. The molecule has 1 aromatic carbocycles. The summed E-state index contributed by atoms with van der Waals surface area (Å²) in [4.78, 5) is 8.99. The maximum absolute atomic E-state index is 13.9. The Morgan fingerprint density at radius 2 is 2.08 bits per heavy atom. The Balaban J connectivity index is 1.46. The van der Waals surface area contributed by atoms with Crippen molar-refractivity contribution in [2.24, 2.45) is 0 Å². The zero-order valence-electron chi connectivity index (χ0n) is 13.7. The molecule has 1 aromatic heterocycles. The van der Waals surface area contributed by atoms with E-state index in [9.17, 15) is 9.50 Å². The van der Waals surface area contributed by atoms with Crippen LogP contribution >= 0.6 is 11.8 Å². The van der Waals surface area contributed by atoms with Crippen LogP contribution in [0.4, 0.5) is 10.3 Å². The molecule has 3 heterocycles. The van der Waals surface area contributed by atoms with E-state index in [-0.39, 0.29) is 11.1 Å². The van der Waals surface area contributed by atoms with E-state index in [1.165, 1.54) is 17.8 Å². The van der Waals surface area contributed by atoms with E-state index in [0.717, 1.165) is 36.6 Å². The average molecular weight is 361 g/mol. The third-order valence-corrected chi connectivity index (χ3v) is 5.94. The minimum atomic E-state index is -0.868. The molecule has 4 rings (SSSR count). The molecule has 25 heavy (non-hydrogen) atoms. The molecule has 5 nitrogen and oxygen atoms in total. The Bertz CT molecular complexity index is 755. The summed E-state index contributed by atoms with van der Waals surface area (Å²) in [5.74, 6) is 0.235. The summed E-state index contributed by atoms with van der Waals surface area (Å²) in [5.41, 5.74) is 1.34. The summed E-state index contributed by atoms with van der Waals surface area (Å²) in [6.07, 6.45) is 3.47. The number of rotatable bonds is 4. The van der Waals surface area contributed by atoms with Gasteiger partial charge >= 0.3 is 0 Å². The zero-order valence-corrected chi connectivity index (χ0v) is 14.5.